The number of unbranched alkanes of at least 4 members (excludes halogenated alkanes) is 14. The van der Waals surface area contributed by atoms with Gasteiger partial charge < -0.3 is 0 Å². The van der Waals surface area contributed by atoms with E-state index in [0.29, 0.717) is 0 Å². The highest BCUT2D eigenvalue weighted by Gasteiger charge is 2.16. The minimum atomic E-state index is 0.935. The fraction of sp³-hybridized carbons (Fsp3) is 0.889. The molecule has 0 aromatic heterocycles. The third-order valence-corrected chi connectivity index (χ3v) is 6.46. The van der Waals surface area contributed by atoms with Crippen molar-refractivity contribution in [1.82, 2.24) is 0 Å². The molecule has 0 aromatic carbocycles. The Morgan fingerprint density at radius 2 is 0.897 bits per heavy atom. The summed E-state index contributed by atoms with van der Waals surface area (Å²) in [5.41, 5.74) is 0. The van der Waals surface area contributed by atoms with Gasteiger partial charge >= 0.3 is 0 Å². The van der Waals surface area contributed by atoms with Crippen LogP contribution >= 0.6 is 0 Å². The van der Waals surface area contributed by atoms with E-state index in [0.717, 1.165) is 18.5 Å². The zero-order valence-corrected chi connectivity index (χ0v) is 20.0. The van der Waals surface area contributed by atoms with Crippen LogP contribution in [0.4, 0.5) is 0 Å². The third-order valence-electron chi connectivity index (χ3n) is 6.46. The summed E-state index contributed by atoms with van der Waals surface area (Å²) < 4.78 is 0. The van der Waals surface area contributed by atoms with E-state index in [1.54, 1.807) is 0 Å². The molecule has 2 heteroatoms. The molecule has 1 rings (SSSR count). The van der Waals surface area contributed by atoms with Gasteiger partial charge in [-0.3, -0.25) is 0 Å². The van der Waals surface area contributed by atoms with Gasteiger partial charge in [-0.15, -0.1) is 0 Å². The van der Waals surface area contributed by atoms with Gasteiger partial charge in [0.15, 0.2) is 12.4 Å². The van der Waals surface area contributed by atoms with Gasteiger partial charge in [-0.05, 0) is 18.8 Å². The molecule has 1 heterocycles. The molecule has 0 amide bonds. The maximum atomic E-state index is 4.34. The highest BCUT2D eigenvalue weighted by molar-refractivity contribution is 6.18. The van der Waals surface area contributed by atoms with Crippen molar-refractivity contribution in [2.24, 2.45) is 15.9 Å². The number of aliphatic imine (C=N–C) groups is 2. The molecule has 1 aliphatic rings. The van der Waals surface area contributed by atoms with Crippen molar-refractivity contribution in [3.8, 4) is 0 Å². The highest BCUT2D eigenvalue weighted by Crippen LogP contribution is 2.26. The average molecular weight is 404 g/mol. The lowest BCUT2D eigenvalue weighted by Gasteiger charge is -2.17. The van der Waals surface area contributed by atoms with E-state index in [-0.39, 0.29) is 0 Å². The van der Waals surface area contributed by atoms with Crippen molar-refractivity contribution >= 4 is 12.4 Å². The molecule has 0 N–H and O–H groups in total. The van der Waals surface area contributed by atoms with Gasteiger partial charge in [-0.1, -0.05) is 139 Å². The maximum Gasteiger partial charge on any atom is 0.240 e. The van der Waals surface area contributed by atoms with Crippen molar-refractivity contribution in [3.05, 3.63) is 6.17 Å². The van der Waals surface area contributed by atoms with Gasteiger partial charge in [-0.2, -0.15) is 0 Å². The normalized spacial score (nSPS) is 14.2. The van der Waals surface area contributed by atoms with E-state index in [1.165, 1.54) is 128 Å². The number of nitrogens with zero attached hydrogens (tertiary/aromatic N) is 2. The van der Waals surface area contributed by atoms with Crippen molar-refractivity contribution < 1.29 is 0 Å². The van der Waals surface area contributed by atoms with E-state index in [9.17, 15) is 0 Å². The van der Waals surface area contributed by atoms with Crippen LogP contribution in [0.5, 0.6) is 0 Å². The van der Waals surface area contributed by atoms with Crippen molar-refractivity contribution in [2.75, 3.05) is 0 Å². The Bertz CT molecular complexity index is 376. The Hall–Kier alpha value is -0.790. The van der Waals surface area contributed by atoms with Crippen LogP contribution < -0.4 is 0 Å². The van der Waals surface area contributed by atoms with Gasteiger partial charge in [-0.25, -0.2) is 0 Å². The quantitative estimate of drug-likeness (QED) is 0.127. The molecule has 168 valence electrons. The molecule has 1 unspecified atom stereocenters. The topological polar surface area (TPSA) is 24.7 Å². The number of hydrogen-bond donors (Lipinski definition) is 0. The second kappa shape index (κ2) is 20.5. The molecule has 2 nitrogen and oxygen atoms in total. The Labute approximate surface area is 183 Å². The third kappa shape index (κ3) is 16.7. The molecule has 0 fully saturated rings. The zero-order valence-electron chi connectivity index (χ0n) is 20.0. The second-order valence-electron chi connectivity index (χ2n) is 9.26. The first-order valence-electron chi connectivity index (χ1n) is 13.3. The fourth-order valence-electron chi connectivity index (χ4n) is 4.52. The first kappa shape index (κ1) is 26.2. The molecule has 0 aliphatic carbocycles. The molecule has 0 saturated heterocycles. The molecule has 0 bridgehead atoms. The summed E-state index contributed by atoms with van der Waals surface area (Å²) in [6, 6.07) is 0. The standard InChI is InChI=1S/C27H51N2/c1-3-5-7-9-11-12-14-16-18-21-26(20-17-15-13-10-8-6-4-2)22-19-23-27-28-24-25-29-27/h24-26H,3-23H2,1-2H3/q+1. The highest BCUT2D eigenvalue weighted by atomic mass is 15.0. The van der Waals surface area contributed by atoms with E-state index >= 15 is 0 Å². The summed E-state index contributed by atoms with van der Waals surface area (Å²) in [5.74, 6) is 0.935. The van der Waals surface area contributed by atoms with Crippen LogP contribution in [-0.4, -0.2) is 12.4 Å². The van der Waals surface area contributed by atoms with Gasteiger partial charge in [0.2, 0.25) is 6.17 Å². The molecule has 0 saturated carbocycles. The van der Waals surface area contributed by atoms with Crippen LogP contribution in [0.3, 0.4) is 0 Å². The summed E-state index contributed by atoms with van der Waals surface area (Å²) in [6.45, 7) is 4.60. The van der Waals surface area contributed by atoms with E-state index in [2.05, 4.69) is 23.8 Å². The summed E-state index contributed by atoms with van der Waals surface area (Å²) in [5, 5.41) is 0. The average Bonchev–Trinajstić information content (AvgIpc) is 3.25. The Balaban J connectivity index is 2.09. The number of hydrogen-bond acceptors (Lipinski definition) is 2. The van der Waals surface area contributed by atoms with Crippen LogP contribution in [0.2, 0.25) is 0 Å². The lowest BCUT2D eigenvalue weighted by Crippen LogP contribution is -2.02. The van der Waals surface area contributed by atoms with Crippen LogP contribution in [0.25, 0.3) is 0 Å². The predicted octanol–water partition coefficient (Wildman–Crippen LogP) is 9.48. The summed E-state index contributed by atoms with van der Waals surface area (Å²) in [6.07, 6.45) is 34.3. The Morgan fingerprint density at radius 3 is 1.34 bits per heavy atom. The van der Waals surface area contributed by atoms with Crippen molar-refractivity contribution in [3.63, 3.8) is 0 Å². The lowest BCUT2D eigenvalue weighted by molar-refractivity contribution is 0.369. The SMILES string of the molecule is CCCCCCCCCCCC(CCCCCCCCC)CCC[C+]1N=CC=N1. The molecule has 0 aromatic rings. The largest absolute Gasteiger partial charge is 0.240 e. The lowest BCUT2D eigenvalue weighted by atomic mass is 9.89. The van der Waals surface area contributed by atoms with Crippen LogP contribution in [0.15, 0.2) is 9.98 Å². The molecule has 1 atom stereocenters. The minimum Gasteiger partial charge on any atom is -0.0968 e. The first-order valence-corrected chi connectivity index (χ1v) is 13.3. The molecule has 29 heavy (non-hydrogen) atoms. The van der Waals surface area contributed by atoms with Gasteiger partial charge in [0, 0.05) is 0 Å². The van der Waals surface area contributed by atoms with Gasteiger partial charge in [0.25, 0.3) is 0 Å². The predicted molar refractivity (Wildman–Crippen MR) is 132 cm³/mol. The van der Waals surface area contributed by atoms with Crippen LogP contribution in [0, 0.1) is 12.1 Å². The zero-order chi connectivity index (χ0) is 20.8. The first-order chi connectivity index (χ1) is 14.4. The van der Waals surface area contributed by atoms with E-state index < -0.39 is 0 Å². The molecular weight excluding hydrogens is 352 g/mol. The van der Waals surface area contributed by atoms with E-state index in [4.69, 9.17) is 0 Å². The van der Waals surface area contributed by atoms with E-state index in [1.807, 2.05) is 12.4 Å². The summed E-state index contributed by atoms with van der Waals surface area (Å²) >= 11 is 0. The monoisotopic (exact) mass is 403 g/mol. The fourth-order valence-corrected chi connectivity index (χ4v) is 4.52. The van der Waals surface area contributed by atoms with Crippen LogP contribution in [0.1, 0.15) is 149 Å². The smallest absolute Gasteiger partial charge is 0.0968 e. The summed E-state index contributed by atoms with van der Waals surface area (Å²) in [7, 11) is 0. The minimum absolute atomic E-state index is 0.935. The molecule has 0 radical (unpaired) electrons. The molecule has 0 spiro atoms. The molecule has 1 aliphatic heterocycles. The maximum absolute atomic E-state index is 4.34. The Morgan fingerprint density at radius 1 is 0.517 bits per heavy atom. The second-order valence-corrected chi connectivity index (χ2v) is 9.26. The van der Waals surface area contributed by atoms with Crippen molar-refractivity contribution in [2.45, 2.75) is 149 Å². The Kier molecular flexibility index (Phi) is 18.5. The molecular formula is C27H51N2+. The van der Waals surface area contributed by atoms with Crippen molar-refractivity contribution in [1.29, 1.82) is 0 Å². The van der Waals surface area contributed by atoms with Gasteiger partial charge in [0.1, 0.15) is 0 Å². The van der Waals surface area contributed by atoms with Crippen LogP contribution in [-0.2, 0) is 0 Å². The summed E-state index contributed by atoms with van der Waals surface area (Å²) in [4.78, 5) is 8.67. The number of rotatable bonds is 22. The van der Waals surface area contributed by atoms with Gasteiger partial charge in [0.05, 0.1) is 6.42 Å².